The minimum absolute atomic E-state index is 0.0499. The lowest BCUT2D eigenvalue weighted by Gasteiger charge is -2.32. The highest BCUT2D eigenvalue weighted by molar-refractivity contribution is 5.02. The van der Waals surface area contributed by atoms with Gasteiger partial charge in [-0.05, 0) is 26.7 Å². The van der Waals surface area contributed by atoms with Gasteiger partial charge in [-0.2, -0.15) is 0 Å². The van der Waals surface area contributed by atoms with Crippen LogP contribution in [-0.4, -0.2) is 27.2 Å². The van der Waals surface area contributed by atoms with Gasteiger partial charge in [0, 0.05) is 36.8 Å². The van der Waals surface area contributed by atoms with Gasteiger partial charge in [0.1, 0.15) is 0 Å². The van der Waals surface area contributed by atoms with Gasteiger partial charge in [0.05, 0.1) is 5.69 Å². The van der Waals surface area contributed by atoms with E-state index in [9.17, 15) is 0 Å². The number of nitrogens with one attached hydrogen (secondary N) is 1. The summed E-state index contributed by atoms with van der Waals surface area (Å²) in [6.07, 6.45) is 6.85. The lowest BCUT2D eigenvalue weighted by atomic mass is 9.93. The Morgan fingerprint density at radius 1 is 1.50 bits per heavy atom. The zero-order valence-electron chi connectivity index (χ0n) is 10.3. The van der Waals surface area contributed by atoms with Crippen molar-refractivity contribution in [1.82, 2.24) is 15.3 Å². The van der Waals surface area contributed by atoms with Crippen molar-refractivity contribution in [3.63, 3.8) is 0 Å². The smallest absolute Gasteiger partial charge is 0.0753 e. The van der Waals surface area contributed by atoms with Crippen LogP contribution in [0.2, 0.25) is 0 Å². The Balaban J connectivity index is 2.65. The number of aliphatic hydroxyl groups is 1. The molecule has 0 amide bonds. The molecule has 90 valence electrons. The Kier molecular flexibility index (Phi) is 4.83. The predicted molar refractivity (Wildman–Crippen MR) is 64.0 cm³/mol. The van der Waals surface area contributed by atoms with Gasteiger partial charge in [-0.15, -0.1) is 0 Å². The molecule has 2 N–H and O–H groups in total. The lowest BCUT2D eigenvalue weighted by Crippen LogP contribution is -2.44. The van der Waals surface area contributed by atoms with E-state index < -0.39 is 0 Å². The van der Waals surface area contributed by atoms with Gasteiger partial charge in [0.2, 0.25) is 0 Å². The van der Waals surface area contributed by atoms with Crippen LogP contribution in [0.4, 0.5) is 0 Å². The predicted octanol–water partition coefficient (Wildman–Crippen LogP) is 1.68. The topological polar surface area (TPSA) is 58.0 Å². The molecular formula is C12H21N3O. The Morgan fingerprint density at radius 2 is 2.25 bits per heavy atom. The maximum atomic E-state index is 9.05. The van der Waals surface area contributed by atoms with E-state index in [4.69, 9.17) is 5.11 Å². The van der Waals surface area contributed by atoms with E-state index in [0.717, 1.165) is 18.5 Å². The van der Waals surface area contributed by atoms with E-state index in [2.05, 4.69) is 36.1 Å². The molecule has 4 heteroatoms. The van der Waals surface area contributed by atoms with Crippen molar-refractivity contribution < 1.29 is 5.11 Å². The molecule has 0 bridgehead atoms. The van der Waals surface area contributed by atoms with E-state index in [1.54, 1.807) is 18.6 Å². The van der Waals surface area contributed by atoms with Crippen LogP contribution in [0.5, 0.6) is 0 Å². The van der Waals surface area contributed by atoms with Crippen LogP contribution in [0.15, 0.2) is 18.6 Å². The molecule has 0 aliphatic carbocycles. The molecule has 0 radical (unpaired) electrons. The molecule has 16 heavy (non-hydrogen) atoms. The van der Waals surface area contributed by atoms with Gasteiger partial charge < -0.3 is 10.4 Å². The van der Waals surface area contributed by atoms with E-state index >= 15 is 0 Å². The lowest BCUT2D eigenvalue weighted by molar-refractivity contribution is 0.204. The molecule has 1 rings (SSSR count). The number of nitrogens with zero attached hydrogens (tertiary/aromatic N) is 2. The third kappa shape index (κ3) is 3.54. The van der Waals surface area contributed by atoms with Crippen molar-refractivity contribution in [1.29, 1.82) is 0 Å². The molecule has 0 saturated heterocycles. The molecule has 0 aliphatic heterocycles. The largest absolute Gasteiger partial charge is 0.396 e. The Bertz CT molecular complexity index is 304. The standard InChI is InChI=1S/C12H21N3O/c1-4-12(3,5-8-16)15-10(2)11-9-13-6-7-14-11/h6-7,9-10,15-16H,4-5,8H2,1-3H3. The highest BCUT2D eigenvalue weighted by Crippen LogP contribution is 2.19. The van der Waals surface area contributed by atoms with Crippen LogP contribution >= 0.6 is 0 Å². The summed E-state index contributed by atoms with van der Waals surface area (Å²) in [5, 5.41) is 12.5. The van der Waals surface area contributed by atoms with Crippen LogP contribution in [-0.2, 0) is 0 Å². The fraction of sp³-hybridized carbons (Fsp3) is 0.667. The fourth-order valence-corrected chi connectivity index (χ4v) is 1.73. The van der Waals surface area contributed by atoms with E-state index in [1.165, 1.54) is 0 Å². The number of hydrogen-bond donors (Lipinski definition) is 2. The maximum absolute atomic E-state index is 9.05. The van der Waals surface area contributed by atoms with Crippen molar-refractivity contribution in [2.24, 2.45) is 0 Å². The second kappa shape index (κ2) is 5.92. The van der Waals surface area contributed by atoms with Gasteiger partial charge in [0.15, 0.2) is 0 Å². The quantitative estimate of drug-likeness (QED) is 0.770. The third-order valence-electron chi connectivity index (χ3n) is 3.04. The Hall–Kier alpha value is -1.00. The van der Waals surface area contributed by atoms with Gasteiger partial charge in [-0.1, -0.05) is 6.92 Å². The fourth-order valence-electron chi connectivity index (χ4n) is 1.73. The second-order valence-corrected chi connectivity index (χ2v) is 4.38. The van der Waals surface area contributed by atoms with E-state index in [-0.39, 0.29) is 18.2 Å². The Morgan fingerprint density at radius 3 is 2.75 bits per heavy atom. The van der Waals surface area contributed by atoms with Gasteiger partial charge in [-0.3, -0.25) is 9.97 Å². The Labute approximate surface area is 97.1 Å². The number of aromatic nitrogens is 2. The highest BCUT2D eigenvalue weighted by Gasteiger charge is 2.24. The zero-order valence-corrected chi connectivity index (χ0v) is 10.3. The molecule has 0 spiro atoms. The van der Waals surface area contributed by atoms with E-state index in [0.29, 0.717) is 0 Å². The molecule has 4 nitrogen and oxygen atoms in total. The minimum Gasteiger partial charge on any atom is -0.396 e. The SMILES string of the molecule is CCC(C)(CCO)NC(C)c1cnccn1. The average molecular weight is 223 g/mol. The maximum Gasteiger partial charge on any atom is 0.0753 e. The first kappa shape index (κ1) is 13.1. The number of rotatable bonds is 6. The van der Waals surface area contributed by atoms with Gasteiger partial charge >= 0.3 is 0 Å². The van der Waals surface area contributed by atoms with Crippen LogP contribution in [0, 0.1) is 0 Å². The first-order valence-electron chi connectivity index (χ1n) is 5.76. The molecule has 2 unspecified atom stereocenters. The molecule has 0 aliphatic rings. The minimum atomic E-state index is -0.0499. The molecule has 1 aromatic rings. The molecule has 0 fully saturated rings. The van der Waals surface area contributed by atoms with Crippen LogP contribution in [0.25, 0.3) is 0 Å². The van der Waals surface area contributed by atoms with Crippen molar-refractivity contribution >= 4 is 0 Å². The average Bonchev–Trinajstić information content (AvgIpc) is 2.30. The first-order chi connectivity index (χ1) is 7.61. The summed E-state index contributed by atoms with van der Waals surface area (Å²) in [5.41, 5.74) is 0.881. The summed E-state index contributed by atoms with van der Waals surface area (Å²) in [5.74, 6) is 0. The summed E-state index contributed by atoms with van der Waals surface area (Å²) in [4.78, 5) is 8.33. The number of hydrogen-bond acceptors (Lipinski definition) is 4. The normalized spacial score (nSPS) is 16.8. The summed E-state index contributed by atoms with van der Waals surface area (Å²) in [7, 11) is 0. The molecule has 1 heterocycles. The van der Waals surface area contributed by atoms with Crippen molar-refractivity contribution in [3.8, 4) is 0 Å². The third-order valence-corrected chi connectivity index (χ3v) is 3.04. The van der Waals surface area contributed by atoms with Gasteiger partial charge in [0.25, 0.3) is 0 Å². The molecule has 1 aromatic heterocycles. The van der Waals surface area contributed by atoms with Crippen LogP contribution in [0.1, 0.15) is 45.3 Å². The summed E-state index contributed by atoms with van der Waals surface area (Å²) >= 11 is 0. The second-order valence-electron chi connectivity index (χ2n) is 4.38. The molecule has 0 saturated carbocycles. The first-order valence-corrected chi connectivity index (χ1v) is 5.76. The van der Waals surface area contributed by atoms with Gasteiger partial charge in [-0.25, -0.2) is 0 Å². The molecule has 0 aromatic carbocycles. The van der Waals surface area contributed by atoms with Crippen LogP contribution in [0.3, 0.4) is 0 Å². The monoisotopic (exact) mass is 223 g/mol. The summed E-state index contributed by atoms with van der Waals surface area (Å²) in [6.45, 7) is 6.50. The molecular weight excluding hydrogens is 202 g/mol. The van der Waals surface area contributed by atoms with Crippen molar-refractivity contribution in [2.75, 3.05) is 6.61 Å². The molecule has 2 atom stereocenters. The van der Waals surface area contributed by atoms with Crippen LogP contribution < -0.4 is 5.32 Å². The van der Waals surface area contributed by atoms with Crippen molar-refractivity contribution in [3.05, 3.63) is 24.3 Å². The highest BCUT2D eigenvalue weighted by atomic mass is 16.3. The number of aliphatic hydroxyl groups excluding tert-OH is 1. The van der Waals surface area contributed by atoms with E-state index in [1.807, 2.05) is 0 Å². The van der Waals surface area contributed by atoms with Crippen molar-refractivity contribution in [2.45, 2.75) is 45.2 Å². The summed E-state index contributed by atoms with van der Waals surface area (Å²) < 4.78 is 0. The zero-order chi connectivity index (χ0) is 12.0. The summed E-state index contributed by atoms with van der Waals surface area (Å²) in [6, 6.07) is 0.144.